The molecule has 2 heteroatoms. The van der Waals surface area contributed by atoms with Crippen molar-refractivity contribution in [1.29, 1.82) is 0 Å². The lowest BCUT2D eigenvalue weighted by molar-refractivity contribution is 0.210. The molecule has 0 aliphatic rings. The topological polar surface area (TPSA) is 15.3 Å². The van der Waals surface area contributed by atoms with Crippen LogP contribution in [0.15, 0.2) is 0 Å². The Morgan fingerprint density at radius 1 is 1.12 bits per heavy atom. The third-order valence-electron chi connectivity index (χ3n) is 3.45. The average Bonchev–Trinajstić information content (AvgIpc) is 2.28. The molecule has 0 saturated carbocycles. The third-order valence-corrected chi connectivity index (χ3v) is 3.45. The first-order valence-electron chi connectivity index (χ1n) is 7.02. The predicted octanol–water partition coefficient (Wildman–Crippen LogP) is 3.13. The van der Waals surface area contributed by atoms with E-state index in [1.54, 1.807) is 0 Å². The molecule has 0 aliphatic carbocycles. The van der Waals surface area contributed by atoms with Crippen molar-refractivity contribution in [2.24, 2.45) is 5.92 Å². The summed E-state index contributed by atoms with van der Waals surface area (Å²) in [5.41, 5.74) is 0. The summed E-state index contributed by atoms with van der Waals surface area (Å²) in [5.74, 6) is 0.825. The zero-order chi connectivity index (χ0) is 12.4. The summed E-state index contributed by atoms with van der Waals surface area (Å²) < 4.78 is 0. The van der Waals surface area contributed by atoms with Crippen molar-refractivity contribution in [3.05, 3.63) is 0 Å². The second-order valence-corrected chi connectivity index (χ2v) is 5.19. The van der Waals surface area contributed by atoms with E-state index in [0.29, 0.717) is 0 Å². The Labute approximate surface area is 103 Å². The number of rotatable bonds is 10. The summed E-state index contributed by atoms with van der Waals surface area (Å²) in [7, 11) is 2.26. The minimum atomic E-state index is 0.720. The maximum Gasteiger partial charge on any atom is 0.00644 e. The molecule has 0 bridgehead atoms. The Morgan fingerprint density at radius 3 is 2.38 bits per heavy atom. The van der Waals surface area contributed by atoms with E-state index in [1.807, 2.05) is 0 Å². The van der Waals surface area contributed by atoms with Gasteiger partial charge in [0, 0.05) is 12.6 Å². The molecule has 98 valence electrons. The predicted molar refractivity (Wildman–Crippen MR) is 73.9 cm³/mol. The van der Waals surface area contributed by atoms with E-state index < -0.39 is 0 Å². The molecule has 0 radical (unpaired) electrons. The highest BCUT2D eigenvalue weighted by Gasteiger charge is 2.10. The summed E-state index contributed by atoms with van der Waals surface area (Å²) >= 11 is 0. The van der Waals surface area contributed by atoms with Gasteiger partial charge in [0.1, 0.15) is 0 Å². The molecule has 0 fully saturated rings. The van der Waals surface area contributed by atoms with Gasteiger partial charge in [-0.3, -0.25) is 0 Å². The van der Waals surface area contributed by atoms with Gasteiger partial charge in [-0.25, -0.2) is 0 Å². The smallest absolute Gasteiger partial charge is 0.00644 e. The fraction of sp³-hybridized carbons (Fsp3) is 1.00. The van der Waals surface area contributed by atoms with Gasteiger partial charge >= 0.3 is 0 Å². The van der Waals surface area contributed by atoms with Crippen molar-refractivity contribution in [2.45, 2.75) is 59.4 Å². The van der Waals surface area contributed by atoms with Crippen LogP contribution < -0.4 is 5.32 Å². The van der Waals surface area contributed by atoms with Crippen LogP contribution in [0, 0.1) is 5.92 Å². The van der Waals surface area contributed by atoms with E-state index in [2.05, 4.69) is 45.0 Å². The Bertz CT molecular complexity index is 148. The van der Waals surface area contributed by atoms with E-state index in [4.69, 9.17) is 0 Å². The Hall–Kier alpha value is -0.0800. The van der Waals surface area contributed by atoms with Crippen LogP contribution in [0.4, 0.5) is 0 Å². The van der Waals surface area contributed by atoms with Crippen LogP contribution in [0.3, 0.4) is 0 Å². The molecule has 0 aromatic heterocycles. The molecule has 0 aromatic carbocycles. The molecule has 0 aliphatic heterocycles. The first-order chi connectivity index (χ1) is 7.61. The van der Waals surface area contributed by atoms with Crippen molar-refractivity contribution in [3.63, 3.8) is 0 Å². The zero-order valence-corrected chi connectivity index (χ0v) is 12.1. The summed E-state index contributed by atoms with van der Waals surface area (Å²) in [4.78, 5) is 2.51. The van der Waals surface area contributed by atoms with Gasteiger partial charge in [-0.1, -0.05) is 27.2 Å². The first-order valence-corrected chi connectivity index (χ1v) is 7.02. The molecule has 0 aromatic rings. The Balaban J connectivity index is 3.51. The largest absolute Gasteiger partial charge is 0.317 e. The summed E-state index contributed by atoms with van der Waals surface area (Å²) in [6.45, 7) is 12.8. The second-order valence-electron chi connectivity index (χ2n) is 5.19. The molecule has 2 unspecified atom stereocenters. The van der Waals surface area contributed by atoms with Gasteiger partial charge in [0.05, 0.1) is 0 Å². The molecular formula is C14H32N2. The van der Waals surface area contributed by atoms with Crippen LogP contribution in [-0.4, -0.2) is 37.6 Å². The van der Waals surface area contributed by atoms with Gasteiger partial charge in [0.25, 0.3) is 0 Å². The quantitative estimate of drug-likeness (QED) is 0.578. The van der Waals surface area contributed by atoms with Crippen LogP contribution in [0.25, 0.3) is 0 Å². The van der Waals surface area contributed by atoms with Crippen LogP contribution >= 0.6 is 0 Å². The van der Waals surface area contributed by atoms with Crippen molar-refractivity contribution in [2.75, 3.05) is 26.7 Å². The normalized spacial score (nSPS) is 15.4. The van der Waals surface area contributed by atoms with Crippen molar-refractivity contribution < 1.29 is 0 Å². The van der Waals surface area contributed by atoms with E-state index in [9.17, 15) is 0 Å². The number of hydrogen-bond acceptors (Lipinski definition) is 2. The van der Waals surface area contributed by atoms with Crippen LogP contribution in [-0.2, 0) is 0 Å². The van der Waals surface area contributed by atoms with Crippen molar-refractivity contribution in [1.82, 2.24) is 10.2 Å². The number of nitrogens with zero attached hydrogens (tertiary/aromatic N) is 1. The maximum atomic E-state index is 3.46. The standard InChI is InChI=1S/C14H32N2/c1-6-10-15-11-8-9-14(4)16(5)12-13(3)7-2/h13-15H,6-12H2,1-5H3. The fourth-order valence-electron chi connectivity index (χ4n) is 1.85. The molecule has 2 atom stereocenters. The van der Waals surface area contributed by atoms with E-state index in [0.717, 1.165) is 18.5 Å². The van der Waals surface area contributed by atoms with Gasteiger partial charge in [0.2, 0.25) is 0 Å². The van der Waals surface area contributed by atoms with E-state index in [-0.39, 0.29) is 0 Å². The highest BCUT2D eigenvalue weighted by Crippen LogP contribution is 2.09. The molecule has 2 nitrogen and oxygen atoms in total. The summed E-state index contributed by atoms with van der Waals surface area (Å²) in [6, 6.07) is 0.720. The summed E-state index contributed by atoms with van der Waals surface area (Å²) in [6.07, 6.45) is 5.13. The van der Waals surface area contributed by atoms with E-state index in [1.165, 1.54) is 38.8 Å². The zero-order valence-electron chi connectivity index (χ0n) is 12.1. The lowest BCUT2D eigenvalue weighted by Gasteiger charge is -2.27. The third kappa shape index (κ3) is 8.12. The fourth-order valence-corrected chi connectivity index (χ4v) is 1.85. The van der Waals surface area contributed by atoms with Gasteiger partial charge in [-0.05, 0) is 52.2 Å². The van der Waals surface area contributed by atoms with Crippen molar-refractivity contribution in [3.8, 4) is 0 Å². The molecule has 0 spiro atoms. The minimum Gasteiger partial charge on any atom is -0.317 e. The monoisotopic (exact) mass is 228 g/mol. The van der Waals surface area contributed by atoms with Gasteiger partial charge in [-0.15, -0.1) is 0 Å². The number of nitrogens with one attached hydrogen (secondary N) is 1. The highest BCUT2D eigenvalue weighted by molar-refractivity contribution is 4.66. The lowest BCUT2D eigenvalue weighted by Crippen LogP contribution is -2.33. The van der Waals surface area contributed by atoms with Crippen molar-refractivity contribution >= 4 is 0 Å². The molecular weight excluding hydrogens is 196 g/mol. The summed E-state index contributed by atoms with van der Waals surface area (Å²) in [5, 5.41) is 3.46. The molecule has 1 N–H and O–H groups in total. The number of hydrogen-bond donors (Lipinski definition) is 1. The molecule has 0 amide bonds. The van der Waals surface area contributed by atoms with Crippen LogP contribution in [0.2, 0.25) is 0 Å². The minimum absolute atomic E-state index is 0.720. The van der Waals surface area contributed by atoms with Crippen LogP contribution in [0.1, 0.15) is 53.4 Å². The average molecular weight is 228 g/mol. The SMILES string of the molecule is CCCNCCCC(C)N(C)CC(C)CC. The Morgan fingerprint density at radius 2 is 1.81 bits per heavy atom. The molecule has 0 saturated heterocycles. The van der Waals surface area contributed by atoms with E-state index >= 15 is 0 Å². The van der Waals surface area contributed by atoms with Gasteiger partial charge in [-0.2, -0.15) is 0 Å². The van der Waals surface area contributed by atoms with Gasteiger partial charge in [0.15, 0.2) is 0 Å². The highest BCUT2D eigenvalue weighted by atomic mass is 15.1. The first kappa shape index (κ1) is 15.9. The van der Waals surface area contributed by atoms with Crippen LogP contribution in [0.5, 0.6) is 0 Å². The second kappa shape index (κ2) is 10.1. The molecule has 0 heterocycles. The maximum absolute atomic E-state index is 3.46. The molecule has 16 heavy (non-hydrogen) atoms. The lowest BCUT2D eigenvalue weighted by atomic mass is 10.1. The molecule has 0 rings (SSSR count). The van der Waals surface area contributed by atoms with Gasteiger partial charge < -0.3 is 10.2 Å². The Kier molecular flexibility index (Phi) is 10.0.